The second-order valence-electron chi connectivity index (χ2n) is 4.06. The van der Waals surface area contributed by atoms with Gasteiger partial charge in [0.05, 0.1) is 12.9 Å². The molecule has 3 N–H and O–H groups in total. The lowest BCUT2D eigenvalue weighted by Gasteiger charge is -2.10. The third kappa shape index (κ3) is 4.54. The van der Waals surface area contributed by atoms with Crippen LogP contribution < -0.4 is 15.2 Å². The molecule has 0 aliphatic rings. The number of nitrogen functional groups attached to an aromatic ring is 1. The first-order valence-electron chi connectivity index (χ1n) is 5.88. The zero-order valence-corrected chi connectivity index (χ0v) is 11.6. The van der Waals surface area contributed by atoms with E-state index in [0.29, 0.717) is 17.9 Å². The van der Waals surface area contributed by atoms with E-state index in [1.807, 2.05) is 6.92 Å². The lowest BCUT2D eigenvalue weighted by atomic mass is 10.2. The number of sulfonamides is 1. The van der Waals surface area contributed by atoms with Gasteiger partial charge in [0.25, 0.3) is 0 Å². The van der Waals surface area contributed by atoms with Crippen molar-refractivity contribution in [3.8, 4) is 5.75 Å². The Morgan fingerprint density at radius 1 is 1.39 bits per heavy atom. The third-order valence-electron chi connectivity index (χ3n) is 2.55. The monoisotopic (exact) mass is 272 g/mol. The van der Waals surface area contributed by atoms with Crippen molar-refractivity contribution in [2.24, 2.45) is 0 Å². The molecule has 0 bridgehead atoms. The van der Waals surface area contributed by atoms with E-state index in [2.05, 4.69) is 4.72 Å². The Morgan fingerprint density at radius 3 is 2.72 bits per heavy atom. The van der Waals surface area contributed by atoms with Crippen molar-refractivity contribution in [2.45, 2.75) is 26.3 Å². The zero-order chi connectivity index (χ0) is 13.6. The number of rotatable bonds is 7. The van der Waals surface area contributed by atoms with E-state index < -0.39 is 10.0 Å². The molecule has 0 saturated carbocycles. The molecule has 1 rings (SSSR count). The molecule has 0 heterocycles. The van der Waals surface area contributed by atoms with Gasteiger partial charge in [-0.1, -0.05) is 13.3 Å². The molecule has 0 atom stereocenters. The lowest BCUT2D eigenvalue weighted by molar-refractivity contribution is 0.409. The van der Waals surface area contributed by atoms with Gasteiger partial charge in [-0.25, -0.2) is 13.1 Å². The summed E-state index contributed by atoms with van der Waals surface area (Å²) in [7, 11) is -1.68. The van der Waals surface area contributed by atoms with Crippen molar-refractivity contribution in [1.29, 1.82) is 0 Å². The highest BCUT2D eigenvalue weighted by atomic mass is 32.2. The predicted molar refractivity (Wildman–Crippen MR) is 72.9 cm³/mol. The molecule has 6 heteroatoms. The summed E-state index contributed by atoms with van der Waals surface area (Å²) in [6.07, 6.45) is 1.51. The highest BCUT2D eigenvalue weighted by Gasteiger charge is 2.11. The van der Waals surface area contributed by atoms with Crippen LogP contribution in [-0.2, 0) is 16.6 Å². The number of hydrogen-bond donors (Lipinski definition) is 2. The largest absolute Gasteiger partial charge is 0.496 e. The number of ether oxygens (including phenoxy) is 1. The first-order chi connectivity index (χ1) is 8.48. The molecule has 0 aromatic heterocycles. The summed E-state index contributed by atoms with van der Waals surface area (Å²) >= 11 is 0. The fraction of sp³-hybridized carbons (Fsp3) is 0.500. The van der Waals surface area contributed by atoms with Gasteiger partial charge in [-0.2, -0.15) is 0 Å². The van der Waals surface area contributed by atoms with Gasteiger partial charge in [-0.15, -0.1) is 0 Å². The molecule has 0 radical (unpaired) electrons. The number of methoxy groups -OCH3 is 1. The van der Waals surface area contributed by atoms with Crippen molar-refractivity contribution < 1.29 is 13.2 Å². The Morgan fingerprint density at radius 2 is 2.11 bits per heavy atom. The van der Waals surface area contributed by atoms with Crippen LogP contribution in [0, 0.1) is 0 Å². The minimum Gasteiger partial charge on any atom is -0.496 e. The Bertz CT molecular complexity index is 486. The number of nitrogens with two attached hydrogens (primary N) is 1. The van der Waals surface area contributed by atoms with Crippen molar-refractivity contribution in [2.75, 3.05) is 18.6 Å². The van der Waals surface area contributed by atoms with Crippen LogP contribution in [-0.4, -0.2) is 21.3 Å². The zero-order valence-electron chi connectivity index (χ0n) is 10.8. The standard InChI is InChI=1S/C12H20N2O3S/c1-3-4-7-18(15,16)14-9-10-8-11(13)5-6-12(10)17-2/h5-6,8,14H,3-4,7,9,13H2,1-2H3. The van der Waals surface area contributed by atoms with Crippen LogP contribution in [0.3, 0.4) is 0 Å². The van der Waals surface area contributed by atoms with Gasteiger partial charge >= 0.3 is 0 Å². The maximum atomic E-state index is 11.7. The molecule has 5 nitrogen and oxygen atoms in total. The highest BCUT2D eigenvalue weighted by Crippen LogP contribution is 2.20. The van der Waals surface area contributed by atoms with Crippen LogP contribution >= 0.6 is 0 Å². The molecule has 0 fully saturated rings. The van der Waals surface area contributed by atoms with E-state index >= 15 is 0 Å². The second kappa shape index (κ2) is 6.61. The summed E-state index contributed by atoms with van der Waals surface area (Å²) in [5.74, 6) is 0.774. The summed E-state index contributed by atoms with van der Waals surface area (Å²) in [5.41, 5.74) is 6.98. The van der Waals surface area contributed by atoms with Crippen LogP contribution in [0.5, 0.6) is 5.75 Å². The third-order valence-corrected chi connectivity index (χ3v) is 3.96. The highest BCUT2D eigenvalue weighted by molar-refractivity contribution is 7.89. The Labute approximate surface area is 108 Å². The summed E-state index contributed by atoms with van der Waals surface area (Å²) < 4.78 is 31.0. The Kier molecular flexibility index (Phi) is 5.43. The molecular formula is C12H20N2O3S. The van der Waals surface area contributed by atoms with E-state index in [1.165, 1.54) is 0 Å². The fourth-order valence-corrected chi connectivity index (χ4v) is 2.72. The molecule has 0 spiro atoms. The summed E-state index contributed by atoms with van der Waals surface area (Å²) in [4.78, 5) is 0. The number of unbranched alkanes of at least 4 members (excludes halogenated alkanes) is 1. The van der Waals surface area contributed by atoms with Crippen LogP contribution in [0.4, 0.5) is 5.69 Å². The van der Waals surface area contributed by atoms with Crippen molar-refractivity contribution in [1.82, 2.24) is 4.72 Å². The fourth-order valence-electron chi connectivity index (χ4n) is 1.53. The first-order valence-corrected chi connectivity index (χ1v) is 7.53. The van der Waals surface area contributed by atoms with E-state index in [0.717, 1.165) is 12.0 Å². The Balaban J connectivity index is 2.71. The molecule has 0 saturated heterocycles. The van der Waals surface area contributed by atoms with Gasteiger partial charge in [0, 0.05) is 17.8 Å². The molecule has 0 amide bonds. The van der Waals surface area contributed by atoms with E-state index in [4.69, 9.17) is 10.5 Å². The van der Waals surface area contributed by atoms with Crippen LogP contribution in [0.25, 0.3) is 0 Å². The first kappa shape index (κ1) is 14.8. The summed E-state index contributed by atoms with van der Waals surface area (Å²) in [6, 6.07) is 5.15. The van der Waals surface area contributed by atoms with E-state index in [1.54, 1.807) is 25.3 Å². The molecule has 18 heavy (non-hydrogen) atoms. The average molecular weight is 272 g/mol. The van der Waals surface area contributed by atoms with Gasteiger partial charge in [-0.3, -0.25) is 0 Å². The Hall–Kier alpha value is -1.27. The van der Waals surface area contributed by atoms with Gasteiger partial charge in [0.15, 0.2) is 0 Å². The van der Waals surface area contributed by atoms with Crippen LogP contribution in [0.2, 0.25) is 0 Å². The number of anilines is 1. The second-order valence-corrected chi connectivity index (χ2v) is 5.99. The van der Waals surface area contributed by atoms with E-state index in [9.17, 15) is 8.42 Å². The minimum absolute atomic E-state index is 0.147. The average Bonchev–Trinajstić information content (AvgIpc) is 2.34. The van der Waals surface area contributed by atoms with Gasteiger partial charge in [0.1, 0.15) is 5.75 Å². The quantitative estimate of drug-likeness (QED) is 0.737. The molecule has 0 aliphatic heterocycles. The van der Waals surface area contributed by atoms with Gasteiger partial charge < -0.3 is 10.5 Å². The maximum Gasteiger partial charge on any atom is 0.211 e. The normalized spacial score (nSPS) is 11.4. The smallest absolute Gasteiger partial charge is 0.211 e. The topological polar surface area (TPSA) is 81.4 Å². The van der Waals surface area contributed by atoms with Crippen LogP contribution in [0.15, 0.2) is 18.2 Å². The molecular weight excluding hydrogens is 252 g/mol. The van der Waals surface area contributed by atoms with Crippen molar-refractivity contribution in [3.05, 3.63) is 23.8 Å². The molecule has 0 unspecified atom stereocenters. The molecule has 1 aromatic rings. The number of hydrogen-bond acceptors (Lipinski definition) is 4. The van der Waals surface area contributed by atoms with Gasteiger partial charge in [0.2, 0.25) is 10.0 Å². The molecule has 102 valence electrons. The van der Waals surface area contributed by atoms with Gasteiger partial charge in [-0.05, 0) is 24.6 Å². The molecule has 1 aromatic carbocycles. The van der Waals surface area contributed by atoms with Crippen molar-refractivity contribution in [3.63, 3.8) is 0 Å². The van der Waals surface area contributed by atoms with E-state index in [-0.39, 0.29) is 12.3 Å². The molecule has 0 aliphatic carbocycles. The summed E-state index contributed by atoms with van der Waals surface area (Å²) in [5, 5.41) is 0. The van der Waals surface area contributed by atoms with Crippen LogP contribution in [0.1, 0.15) is 25.3 Å². The maximum absolute atomic E-state index is 11.7. The number of nitrogens with one attached hydrogen (secondary N) is 1. The number of benzene rings is 1. The SMILES string of the molecule is CCCCS(=O)(=O)NCc1cc(N)ccc1OC. The minimum atomic E-state index is -3.23. The lowest BCUT2D eigenvalue weighted by Crippen LogP contribution is -2.26. The predicted octanol–water partition coefficient (Wildman–Crippen LogP) is 1.50. The van der Waals surface area contributed by atoms with Crippen molar-refractivity contribution >= 4 is 15.7 Å². The summed E-state index contributed by atoms with van der Waals surface area (Å²) in [6.45, 7) is 2.15.